The van der Waals surface area contributed by atoms with E-state index in [1.807, 2.05) is 0 Å². The Labute approximate surface area is 151 Å². The molecular weight excluding hydrogens is 328 g/mol. The Morgan fingerprint density at radius 3 is 1.23 bits per heavy atom. The van der Waals surface area contributed by atoms with Crippen LogP contribution in [0.2, 0.25) is 0 Å². The van der Waals surface area contributed by atoms with Gasteiger partial charge in [0.15, 0.2) is 0 Å². The molecule has 0 unspecified atom stereocenters. The number of hydrogen-bond donors (Lipinski definition) is 4. The van der Waals surface area contributed by atoms with Crippen LogP contribution in [-0.2, 0) is 13.1 Å². The Balaban J connectivity index is 0.000000190. The molecule has 26 heavy (non-hydrogen) atoms. The Kier molecular flexibility index (Phi) is 6.43. The van der Waals surface area contributed by atoms with E-state index in [1.165, 1.54) is 35.0 Å². The molecule has 0 atom stereocenters. The van der Waals surface area contributed by atoms with Gasteiger partial charge in [-0.15, -0.1) is 0 Å². The molecule has 0 aromatic heterocycles. The molecule has 6 heteroatoms. The van der Waals surface area contributed by atoms with E-state index in [0.717, 1.165) is 11.1 Å². The lowest BCUT2D eigenvalue weighted by Gasteiger charge is -2.03. The summed E-state index contributed by atoms with van der Waals surface area (Å²) >= 11 is 0. The Morgan fingerprint density at radius 2 is 0.962 bits per heavy atom. The number of amides is 2. The molecule has 0 aliphatic heterocycles. The first kappa shape index (κ1) is 19.1. The van der Waals surface area contributed by atoms with Crippen molar-refractivity contribution in [2.45, 2.75) is 13.1 Å². The number of benzene rings is 3. The van der Waals surface area contributed by atoms with Gasteiger partial charge < -0.3 is 22.9 Å². The molecule has 8 N–H and O–H groups in total. The Morgan fingerprint density at radius 1 is 0.615 bits per heavy atom. The highest BCUT2D eigenvalue weighted by Crippen LogP contribution is 2.17. The highest BCUT2D eigenvalue weighted by atomic mass is 16.1. The van der Waals surface area contributed by atoms with E-state index >= 15 is 0 Å². The number of primary amides is 2. The van der Waals surface area contributed by atoms with Crippen molar-refractivity contribution in [3.8, 4) is 0 Å². The van der Waals surface area contributed by atoms with Gasteiger partial charge in [0, 0.05) is 24.2 Å². The van der Waals surface area contributed by atoms with Crippen LogP contribution in [0, 0.1) is 0 Å². The van der Waals surface area contributed by atoms with E-state index in [2.05, 4.69) is 36.4 Å². The SMILES string of the molecule is NC(=O)c1ccc(C(N)=O)cc1.NCc1ccc2cc(CN)ccc2c1. The highest BCUT2D eigenvalue weighted by molar-refractivity contribution is 5.96. The third-order valence-corrected chi connectivity index (χ3v) is 3.89. The summed E-state index contributed by atoms with van der Waals surface area (Å²) in [7, 11) is 0. The van der Waals surface area contributed by atoms with Crippen LogP contribution in [0.15, 0.2) is 60.7 Å². The molecule has 0 radical (unpaired) electrons. The van der Waals surface area contributed by atoms with Crippen molar-refractivity contribution in [3.05, 3.63) is 82.9 Å². The molecule has 0 saturated carbocycles. The average Bonchev–Trinajstić information content (AvgIpc) is 2.67. The second-order valence-corrected chi connectivity index (χ2v) is 5.73. The monoisotopic (exact) mass is 350 g/mol. The van der Waals surface area contributed by atoms with Gasteiger partial charge in [-0.2, -0.15) is 0 Å². The highest BCUT2D eigenvalue weighted by Gasteiger charge is 2.02. The summed E-state index contributed by atoms with van der Waals surface area (Å²) in [6.07, 6.45) is 0. The molecule has 0 saturated heterocycles. The minimum atomic E-state index is -0.522. The normalized spacial score (nSPS) is 10.1. The van der Waals surface area contributed by atoms with E-state index in [0.29, 0.717) is 24.2 Å². The van der Waals surface area contributed by atoms with Gasteiger partial charge in [-0.1, -0.05) is 24.3 Å². The van der Waals surface area contributed by atoms with Gasteiger partial charge >= 0.3 is 0 Å². The number of fused-ring (bicyclic) bond motifs is 1. The van der Waals surface area contributed by atoms with E-state index in [-0.39, 0.29) is 0 Å². The predicted octanol–water partition coefficient (Wildman–Crippen LogP) is 1.64. The maximum atomic E-state index is 10.6. The second kappa shape index (κ2) is 8.75. The largest absolute Gasteiger partial charge is 0.366 e. The number of nitrogens with two attached hydrogens (primary N) is 4. The molecule has 134 valence electrons. The zero-order chi connectivity index (χ0) is 19.1. The van der Waals surface area contributed by atoms with Gasteiger partial charge in [-0.3, -0.25) is 9.59 Å². The maximum Gasteiger partial charge on any atom is 0.248 e. The summed E-state index contributed by atoms with van der Waals surface area (Å²) in [6, 6.07) is 18.4. The molecule has 0 heterocycles. The summed E-state index contributed by atoms with van der Waals surface area (Å²) in [4.78, 5) is 21.2. The predicted molar refractivity (Wildman–Crippen MR) is 103 cm³/mol. The molecule has 3 rings (SSSR count). The van der Waals surface area contributed by atoms with Crippen LogP contribution >= 0.6 is 0 Å². The van der Waals surface area contributed by atoms with E-state index in [4.69, 9.17) is 22.9 Å². The molecule has 0 spiro atoms. The Bertz CT molecular complexity index is 844. The standard InChI is InChI=1S/C12H14N2.C8H8N2O2/c13-7-9-1-3-11-6-10(8-14)2-4-12(11)5-9;9-7(11)5-1-2-6(4-3-5)8(10)12/h1-6H,7-8,13-14H2;1-4H,(H2,9,11)(H2,10,12). The first-order valence-corrected chi connectivity index (χ1v) is 8.06. The molecule has 3 aromatic carbocycles. The maximum absolute atomic E-state index is 10.6. The van der Waals surface area contributed by atoms with Crippen molar-refractivity contribution in [2.24, 2.45) is 22.9 Å². The van der Waals surface area contributed by atoms with Crippen LogP contribution < -0.4 is 22.9 Å². The fourth-order valence-electron chi connectivity index (χ4n) is 2.40. The molecule has 0 fully saturated rings. The van der Waals surface area contributed by atoms with Gasteiger partial charge in [0.25, 0.3) is 0 Å². The number of carbonyl (C=O) groups excluding carboxylic acids is 2. The molecule has 0 bridgehead atoms. The van der Waals surface area contributed by atoms with Crippen molar-refractivity contribution >= 4 is 22.6 Å². The molecule has 2 amide bonds. The van der Waals surface area contributed by atoms with Crippen LogP contribution in [0.5, 0.6) is 0 Å². The quantitative estimate of drug-likeness (QED) is 0.568. The first-order chi connectivity index (χ1) is 12.4. The van der Waals surface area contributed by atoms with Crippen molar-refractivity contribution < 1.29 is 9.59 Å². The van der Waals surface area contributed by atoms with Crippen LogP contribution in [0.25, 0.3) is 10.8 Å². The van der Waals surface area contributed by atoms with Crippen LogP contribution in [0.1, 0.15) is 31.8 Å². The van der Waals surface area contributed by atoms with Gasteiger partial charge in [0.05, 0.1) is 0 Å². The zero-order valence-electron chi connectivity index (χ0n) is 14.3. The van der Waals surface area contributed by atoms with Gasteiger partial charge in [0.2, 0.25) is 11.8 Å². The van der Waals surface area contributed by atoms with Crippen LogP contribution in [0.3, 0.4) is 0 Å². The van der Waals surface area contributed by atoms with E-state index < -0.39 is 11.8 Å². The van der Waals surface area contributed by atoms with Crippen molar-refractivity contribution in [1.29, 1.82) is 0 Å². The number of carbonyl (C=O) groups is 2. The first-order valence-electron chi connectivity index (χ1n) is 8.06. The minimum absolute atomic E-state index is 0.361. The molecule has 3 aromatic rings. The minimum Gasteiger partial charge on any atom is -0.366 e. The Hall–Kier alpha value is -3.22. The summed E-state index contributed by atoms with van der Waals surface area (Å²) in [6.45, 7) is 1.18. The van der Waals surface area contributed by atoms with Crippen LogP contribution in [0.4, 0.5) is 0 Å². The van der Waals surface area contributed by atoms with E-state index in [1.54, 1.807) is 0 Å². The zero-order valence-corrected chi connectivity index (χ0v) is 14.3. The summed E-state index contributed by atoms with van der Waals surface area (Å²) in [5, 5.41) is 2.45. The lowest BCUT2D eigenvalue weighted by Crippen LogP contribution is -2.13. The molecule has 6 nitrogen and oxygen atoms in total. The van der Waals surface area contributed by atoms with Gasteiger partial charge in [-0.25, -0.2) is 0 Å². The third-order valence-electron chi connectivity index (χ3n) is 3.89. The summed E-state index contributed by atoms with van der Waals surface area (Å²) < 4.78 is 0. The average molecular weight is 350 g/mol. The van der Waals surface area contributed by atoms with E-state index in [9.17, 15) is 9.59 Å². The van der Waals surface area contributed by atoms with Crippen molar-refractivity contribution in [2.75, 3.05) is 0 Å². The van der Waals surface area contributed by atoms with Crippen LogP contribution in [-0.4, -0.2) is 11.8 Å². The lowest BCUT2D eigenvalue weighted by molar-refractivity contribution is 0.0988. The number of rotatable bonds is 4. The fourth-order valence-corrected chi connectivity index (χ4v) is 2.40. The van der Waals surface area contributed by atoms with Crippen molar-refractivity contribution in [3.63, 3.8) is 0 Å². The summed E-state index contributed by atoms with van der Waals surface area (Å²) in [5.41, 5.74) is 24.2. The molecule has 0 aliphatic carbocycles. The lowest BCUT2D eigenvalue weighted by atomic mass is 10.0. The van der Waals surface area contributed by atoms with Crippen molar-refractivity contribution in [1.82, 2.24) is 0 Å². The van der Waals surface area contributed by atoms with Gasteiger partial charge in [-0.05, 0) is 58.3 Å². The second-order valence-electron chi connectivity index (χ2n) is 5.73. The smallest absolute Gasteiger partial charge is 0.248 e. The number of hydrogen-bond acceptors (Lipinski definition) is 4. The topological polar surface area (TPSA) is 138 Å². The molecular formula is C20H22N4O2. The molecule has 0 aliphatic rings. The third kappa shape index (κ3) is 4.89. The summed E-state index contributed by atoms with van der Waals surface area (Å²) in [5.74, 6) is -1.04. The fraction of sp³-hybridized carbons (Fsp3) is 0.100. The van der Waals surface area contributed by atoms with Gasteiger partial charge in [0.1, 0.15) is 0 Å².